The van der Waals surface area contributed by atoms with Crippen molar-refractivity contribution in [3.63, 3.8) is 0 Å². The van der Waals surface area contributed by atoms with E-state index < -0.39 is 25.9 Å². The zero-order chi connectivity index (χ0) is 21.1. The van der Waals surface area contributed by atoms with Crippen molar-refractivity contribution < 1.29 is 21.6 Å². The van der Waals surface area contributed by atoms with Gasteiger partial charge in [-0.05, 0) is 49.1 Å². The third kappa shape index (κ3) is 5.57. The van der Waals surface area contributed by atoms with Crippen molar-refractivity contribution >= 4 is 43.2 Å². The van der Waals surface area contributed by atoms with Crippen LogP contribution in [0.15, 0.2) is 57.2 Å². The molecule has 2 N–H and O–H groups in total. The summed E-state index contributed by atoms with van der Waals surface area (Å²) in [6, 6.07) is 9.97. The van der Waals surface area contributed by atoms with Gasteiger partial charge in [-0.3, -0.25) is 4.79 Å². The summed E-state index contributed by atoms with van der Waals surface area (Å²) < 4.78 is 51.2. The molecule has 0 saturated heterocycles. The molecule has 0 aliphatic carbocycles. The first-order valence-electron chi connectivity index (χ1n) is 8.22. The lowest BCUT2D eigenvalue weighted by Crippen LogP contribution is -2.27. The van der Waals surface area contributed by atoms with Crippen molar-refractivity contribution in [3.05, 3.63) is 48.0 Å². The monoisotopic (exact) mass is 442 g/mol. The summed E-state index contributed by atoms with van der Waals surface area (Å²) in [5, 5.41) is 2.63. The molecule has 1 atom stereocenters. The van der Waals surface area contributed by atoms with Crippen LogP contribution in [0.2, 0.25) is 0 Å². The van der Waals surface area contributed by atoms with Crippen LogP contribution >= 0.6 is 11.8 Å². The van der Waals surface area contributed by atoms with E-state index in [2.05, 4.69) is 10.0 Å². The molecule has 0 aromatic heterocycles. The Balaban J connectivity index is 2.28. The maximum absolute atomic E-state index is 12.8. The molecule has 2 rings (SSSR count). The molecule has 1 unspecified atom stereocenters. The van der Waals surface area contributed by atoms with E-state index in [1.165, 1.54) is 43.0 Å². The summed E-state index contributed by atoms with van der Waals surface area (Å²) in [5.74, 6) is -0.294. The fourth-order valence-electron chi connectivity index (χ4n) is 2.51. The van der Waals surface area contributed by atoms with E-state index in [4.69, 9.17) is 0 Å². The number of sulfonamides is 1. The molecule has 0 spiro atoms. The van der Waals surface area contributed by atoms with Crippen LogP contribution in [0.5, 0.6) is 0 Å². The first kappa shape index (κ1) is 22.4. The van der Waals surface area contributed by atoms with E-state index in [1.54, 1.807) is 25.1 Å². The molecule has 1 amide bonds. The number of carbonyl (C=O) groups is 1. The predicted molar refractivity (Wildman–Crippen MR) is 111 cm³/mol. The highest BCUT2D eigenvalue weighted by atomic mass is 32.2. The zero-order valence-corrected chi connectivity index (χ0v) is 18.3. The van der Waals surface area contributed by atoms with E-state index in [0.717, 1.165) is 11.2 Å². The van der Waals surface area contributed by atoms with Crippen molar-refractivity contribution in [2.75, 3.05) is 17.8 Å². The van der Waals surface area contributed by atoms with Crippen LogP contribution in [-0.4, -0.2) is 35.3 Å². The number of sulfone groups is 1. The van der Waals surface area contributed by atoms with E-state index in [9.17, 15) is 21.6 Å². The summed E-state index contributed by atoms with van der Waals surface area (Å²) >= 11 is 1.39. The van der Waals surface area contributed by atoms with E-state index >= 15 is 0 Å². The van der Waals surface area contributed by atoms with Gasteiger partial charge in [0.2, 0.25) is 15.9 Å². The Hall–Kier alpha value is -1.88. The van der Waals surface area contributed by atoms with E-state index in [1.807, 2.05) is 6.26 Å². The zero-order valence-electron chi connectivity index (χ0n) is 15.9. The summed E-state index contributed by atoms with van der Waals surface area (Å²) in [6.45, 7) is 3.02. The number of nitrogens with one attached hydrogen (secondary N) is 2. The SMILES string of the molecule is CSc1ccc(S(=O)(=O)NC(C)c2ccc(S(C)(=O)=O)cc2)cc1NC(C)=O. The van der Waals surface area contributed by atoms with Gasteiger partial charge < -0.3 is 5.32 Å². The maximum Gasteiger partial charge on any atom is 0.241 e. The fraction of sp³-hybridized carbons (Fsp3) is 0.278. The molecular formula is C18H22N2O5S3. The second-order valence-electron chi connectivity index (χ2n) is 6.23. The highest BCUT2D eigenvalue weighted by molar-refractivity contribution is 7.98. The van der Waals surface area contributed by atoms with Crippen LogP contribution in [0.4, 0.5) is 5.69 Å². The minimum absolute atomic E-state index is 0.0219. The van der Waals surface area contributed by atoms with E-state index in [0.29, 0.717) is 11.3 Å². The van der Waals surface area contributed by atoms with Gasteiger partial charge in [-0.1, -0.05) is 12.1 Å². The molecule has 0 fully saturated rings. The number of thioether (sulfide) groups is 1. The molecule has 0 heterocycles. The Bertz CT molecular complexity index is 1080. The summed E-state index contributed by atoms with van der Waals surface area (Å²) in [4.78, 5) is 12.3. The molecule has 0 aliphatic rings. The highest BCUT2D eigenvalue weighted by Gasteiger charge is 2.20. The van der Waals surface area contributed by atoms with Gasteiger partial charge in [-0.15, -0.1) is 11.8 Å². The smallest absolute Gasteiger partial charge is 0.241 e. The van der Waals surface area contributed by atoms with Crippen LogP contribution in [0.1, 0.15) is 25.5 Å². The Morgan fingerprint density at radius 2 is 1.57 bits per heavy atom. The van der Waals surface area contributed by atoms with Gasteiger partial charge in [0.05, 0.1) is 15.5 Å². The van der Waals surface area contributed by atoms with Gasteiger partial charge in [-0.2, -0.15) is 0 Å². The third-order valence-corrected chi connectivity index (χ3v) is 7.39. The molecule has 0 bridgehead atoms. The highest BCUT2D eigenvalue weighted by Crippen LogP contribution is 2.29. The number of benzene rings is 2. The molecule has 0 aliphatic heterocycles. The summed E-state index contributed by atoms with van der Waals surface area (Å²) in [7, 11) is -7.18. The minimum atomic E-state index is -3.86. The van der Waals surface area contributed by atoms with Gasteiger partial charge in [-0.25, -0.2) is 21.6 Å². The van der Waals surface area contributed by atoms with Crippen LogP contribution < -0.4 is 10.0 Å². The van der Waals surface area contributed by atoms with Crippen LogP contribution in [0.3, 0.4) is 0 Å². The fourth-order valence-corrected chi connectivity index (χ4v) is 4.94. The van der Waals surface area contributed by atoms with Crippen molar-refractivity contribution in [3.8, 4) is 0 Å². The van der Waals surface area contributed by atoms with Gasteiger partial charge in [0.1, 0.15) is 0 Å². The number of hydrogen-bond acceptors (Lipinski definition) is 6. The average Bonchev–Trinajstić information content (AvgIpc) is 2.60. The second kappa shape index (κ2) is 8.64. The Labute approximate surface area is 169 Å². The number of amides is 1. The Morgan fingerprint density at radius 3 is 2.07 bits per heavy atom. The summed E-state index contributed by atoms with van der Waals surface area (Å²) in [6.07, 6.45) is 2.94. The van der Waals surface area contributed by atoms with Gasteiger partial charge in [0.25, 0.3) is 0 Å². The normalized spacial score (nSPS) is 13.1. The van der Waals surface area contributed by atoms with Crippen molar-refractivity contribution in [2.45, 2.75) is 34.6 Å². The predicted octanol–water partition coefficient (Wildman–Crippen LogP) is 2.81. The van der Waals surface area contributed by atoms with Crippen LogP contribution in [0, 0.1) is 0 Å². The van der Waals surface area contributed by atoms with Crippen molar-refractivity contribution in [2.24, 2.45) is 0 Å². The molecular weight excluding hydrogens is 420 g/mol. The molecule has 10 heteroatoms. The number of carbonyl (C=O) groups excluding carboxylic acids is 1. The van der Waals surface area contributed by atoms with Gasteiger partial charge in [0.15, 0.2) is 9.84 Å². The number of rotatable bonds is 7. The topological polar surface area (TPSA) is 109 Å². The Morgan fingerprint density at radius 1 is 1.00 bits per heavy atom. The van der Waals surface area contributed by atoms with Crippen LogP contribution in [0.25, 0.3) is 0 Å². The molecule has 2 aromatic carbocycles. The average molecular weight is 443 g/mol. The lowest BCUT2D eigenvalue weighted by molar-refractivity contribution is -0.114. The van der Waals surface area contributed by atoms with Gasteiger partial charge >= 0.3 is 0 Å². The van der Waals surface area contributed by atoms with Crippen LogP contribution in [-0.2, 0) is 24.7 Å². The van der Waals surface area contributed by atoms with Crippen molar-refractivity contribution in [1.82, 2.24) is 4.72 Å². The molecule has 0 saturated carbocycles. The number of anilines is 1. The number of hydrogen-bond donors (Lipinski definition) is 2. The summed E-state index contributed by atoms with van der Waals surface area (Å²) in [5.41, 5.74) is 1.05. The first-order valence-corrected chi connectivity index (χ1v) is 12.8. The van der Waals surface area contributed by atoms with Gasteiger partial charge in [0, 0.05) is 24.1 Å². The van der Waals surface area contributed by atoms with Crippen molar-refractivity contribution in [1.29, 1.82) is 0 Å². The lowest BCUT2D eigenvalue weighted by Gasteiger charge is -2.16. The molecule has 152 valence electrons. The maximum atomic E-state index is 12.8. The molecule has 0 radical (unpaired) electrons. The minimum Gasteiger partial charge on any atom is -0.325 e. The standard InChI is InChI=1S/C18H22N2O5S3/c1-12(14-5-7-15(8-6-14)27(4,22)23)20-28(24,25)16-9-10-18(26-3)17(11-16)19-13(2)21/h5-12,20H,1-4H3,(H,19,21). The quantitative estimate of drug-likeness (QED) is 0.638. The second-order valence-corrected chi connectivity index (χ2v) is 10.8. The lowest BCUT2D eigenvalue weighted by atomic mass is 10.1. The Kier molecular flexibility index (Phi) is 6.92. The first-order chi connectivity index (χ1) is 12.9. The molecule has 2 aromatic rings. The third-order valence-electron chi connectivity index (χ3n) is 3.93. The molecule has 28 heavy (non-hydrogen) atoms. The largest absolute Gasteiger partial charge is 0.325 e. The van der Waals surface area contributed by atoms with E-state index in [-0.39, 0.29) is 15.7 Å². The molecule has 7 nitrogen and oxygen atoms in total.